The molecule has 2 nitrogen and oxygen atoms in total. The Morgan fingerprint density at radius 2 is 1.70 bits per heavy atom. The Hall–Kier alpha value is -0.370. The van der Waals surface area contributed by atoms with Crippen LogP contribution < -0.4 is 5.73 Å². The molecule has 0 bridgehead atoms. The van der Waals surface area contributed by atoms with E-state index in [0.717, 1.165) is 12.8 Å². The van der Waals surface area contributed by atoms with Gasteiger partial charge in [0.15, 0.2) is 0 Å². The summed E-state index contributed by atoms with van der Waals surface area (Å²) in [6.45, 7) is 4.79. The first kappa shape index (κ1) is 9.63. The molecule has 10 heavy (non-hydrogen) atoms. The van der Waals surface area contributed by atoms with Crippen molar-refractivity contribution in [3.63, 3.8) is 0 Å². The van der Waals surface area contributed by atoms with Crippen LogP contribution in [-0.4, -0.2) is 12.4 Å². The summed E-state index contributed by atoms with van der Waals surface area (Å²) in [4.78, 5) is 4.20. The summed E-state index contributed by atoms with van der Waals surface area (Å²) >= 11 is 0. The number of nitrogens with zero attached hydrogens (tertiary/aromatic N) is 1. The van der Waals surface area contributed by atoms with Crippen LogP contribution in [0.2, 0.25) is 0 Å². The van der Waals surface area contributed by atoms with Crippen LogP contribution >= 0.6 is 0 Å². The Bertz CT molecular complexity index is 89.4. The zero-order valence-electron chi connectivity index (χ0n) is 7.06. The Balaban J connectivity index is 3.60. The molecule has 0 spiro atoms. The highest BCUT2D eigenvalue weighted by Gasteiger charge is 1.93. The van der Waals surface area contributed by atoms with Crippen molar-refractivity contribution in [3.05, 3.63) is 0 Å². The van der Waals surface area contributed by atoms with E-state index in [0.29, 0.717) is 6.67 Å². The number of hydrogen-bond acceptors (Lipinski definition) is 2. The third kappa shape index (κ3) is 4.50. The summed E-state index contributed by atoms with van der Waals surface area (Å²) < 4.78 is 0. The van der Waals surface area contributed by atoms with Gasteiger partial charge < -0.3 is 5.73 Å². The number of hydrogen-bond donors (Lipinski definition) is 1. The van der Waals surface area contributed by atoms with E-state index < -0.39 is 0 Å². The largest absolute Gasteiger partial charge is 0.312 e. The Morgan fingerprint density at radius 3 is 2.00 bits per heavy atom. The number of aliphatic imine (C=N–C) groups is 1. The molecule has 0 aromatic heterocycles. The van der Waals surface area contributed by atoms with E-state index in [4.69, 9.17) is 5.73 Å². The minimum Gasteiger partial charge on any atom is -0.312 e. The molecule has 0 aromatic carbocycles. The summed E-state index contributed by atoms with van der Waals surface area (Å²) in [6, 6.07) is 0. The van der Waals surface area contributed by atoms with E-state index >= 15 is 0 Å². The third-order valence-electron chi connectivity index (χ3n) is 1.39. The van der Waals surface area contributed by atoms with Gasteiger partial charge in [-0.3, -0.25) is 4.99 Å². The van der Waals surface area contributed by atoms with Crippen LogP contribution in [0.4, 0.5) is 0 Å². The van der Waals surface area contributed by atoms with Gasteiger partial charge in [0.05, 0.1) is 6.67 Å². The van der Waals surface area contributed by atoms with Crippen molar-refractivity contribution >= 4 is 5.71 Å². The predicted octanol–water partition coefficient (Wildman–Crippen LogP) is 1.94. The van der Waals surface area contributed by atoms with Crippen molar-refractivity contribution in [2.75, 3.05) is 6.67 Å². The van der Waals surface area contributed by atoms with E-state index in [-0.39, 0.29) is 0 Å². The first-order valence-corrected chi connectivity index (χ1v) is 4.07. The van der Waals surface area contributed by atoms with E-state index in [1.54, 1.807) is 0 Å². The van der Waals surface area contributed by atoms with Crippen LogP contribution in [0.15, 0.2) is 4.99 Å². The maximum atomic E-state index is 5.30. The average molecular weight is 142 g/mol. The van der Waals surface area contributed by atoms with Gasteiger partial charge >= 0.3 is 0 Å². The lowest BCUT2D eigenvalue weighted by Crippen LogP contribution is -2.03. The monoisotopic (exact) mass is 142 g/mol. The van der Waals surface area contributed by atoms with Gasteiger partial charge in [-0.2, -0.15) is 0 Å². The van der Waals surface area contributed by atoms with E-state index in [1.165, 1.54) is 18.6 Å². The third-order valence-corrected chi connectivity index (χ3v) is 1.39. The summed E-state index contributed by atoms with van der Waals surface area (Å²) in [5.74, 6) is 0. The smallest absolute Gasteiger partial charge is 0.0858 e. The summed E-state index contributed by atoms with van der Waals surface area (Å²) in [5.41, 5.74) is 6.59. The molecular formula is C8H18N2. The molecule has 0 rings (SSSR count). The van der Waals surface area contributed by atoms with Crippen molar-refractivity contribution in [1.82, 2.24) is 0 Å². The lowest BCUT2D eigenvalue weighted by Gasteiger charge is -2.00. The van der Waals surface area contributed by atoms with E-state index in [9.17, 15) is 0 Å². The van der Waals surface area contributed by atoms with Gasteiger partial charge in [0, 0.05) is 5.71 Å². The van der Waals surface area contributed by atoms with Gasteiger partial charge in [-0.15, -0.1) is 0 Å². The summed E-state index contributed by atoms with van der Waals surface area (Å²) in [5, 5.41) is 0. The van der Waals surface area contributed by atoms with Gasteiger partial charge in [0.1, 0.15) is 0 Å². The summed E-state index contributed by atoms with van der Waals surface area (Å²) in [7, 11) is 0. The molecule has 0 aliphatic carbocycles. The zero-order chi connectivity index (χ0) is 7.82. The molecule has 0 saturated heterocycles. The molecule has 0 atom stereocenters. The highest BCUT2D eigenvalue weighted by molar-refractivity contribution is 5.84. The molecule has 0 aromatic rings. The summed E-state index contributed by atoms with van der Waals surface area (Å²) in [6.07, 6.45) is 4.59. The fraction of sp³-hybridized carbons (Fsp3) is 0.875. The quantitative estimate of drug-likeness (QED) is 0.585. The van der Waals surface area contributed by atoms with Crippen LogP contribution in [0.3, 0.4) is 0 Å². The van der Waals surface area contributed by atoms with Crippen LogP contribution in [0, 0.1) is 0 Å². The molecule has 0 unspecified atom stereocenters. The SMILES string of the molecule is CCCC(CCC)=NCN. The Labute approximate surface area is 63.5 Å². The maximum absolute atomic E-state index is 5.30. The first-order chi connectivity index (χ1) is 4.85. The average Bonchev–Trinajstić information content (AvgIpc) is 1.90. The topological polar surface area (TPSA) is 38.4 Å². The van der Waals surface area contributed by atoms with Crippen LogP contribution in [0.1, 0.15) is 39.5 Å². The van der Waals surface area contributed by atoms with Gasteiger partial charge in [0.25, 0.3) is 0 Å². The minimum atomic E-state index is 0.454. The molecule has 0 heterocycles. The normalized spacial score (nSPS) is 9.50. The van der Waals surface area contributed by atoms with Crippen LogP contribution in [0.5, 0.6) is 0 Å². The van der Waals surface area contributed by atoms with Gasteiger partial charge in [-0.05, 0) is 12.8 Å². The standard InChI is InChI=1S/C8H18N2/c1-3-5-8(6-4-2)10-7-9/h3-7,9H2,1-2H3. The molecule has 0 fully saturated rings. The molecule has 2 heteroatoms. The molecule has 0 aliphatic rings. The fourth-order valence-corrected chi connectivity index (χ4v) is 0.989. The van der Waals surface area contributed by atoms with Gasteiger partial charge in [0.2, 0.25) is 0 Å². The molecule has 0 amide bonds. The molecular weight excluding hydrogens is 124 g/mol. The molecule has 2 N–H and O–H groups in total. The molecule has 0 aliphatic heterocycles. The van der Waals surface area contributed by atoms with Gasteiger partial charge in [-0.1, -0.05) is 26.7 Å². The second-order valence-corrected chi connectivity index (χ2v) is 2.41. The Kier molecular flexibility index (Phi) is 6.50. The number of rotatable bonds is 5. The van der Waals surface area contributed by atoms with Crippen LogP contribution in [0.25, 0.3) is 0 Å². The van der Waals surface area contributed by atoms with Crippen LogP contribution in [-0.2, 0) is 0 Å². The minimum absolute atomic E-state index is 0.454. The zero-order valence-corrected chi connectivity index (χ0v) is 7.06. The fourth-order valence-electron chi connectivity index (χ4n) is 0.989. The Morgan fingerprint density at radius 1 is 1.20 bits per heavy atom. The molecule has 0 radical (unpaired) electrons. The van der Waals surface area contributed by atoms with Crippen molar-refractivity contribution < 1.29 is 0 Å². The second kappa shape index (κ2) is 6.75. The predicted molar refractivity (Wildman–Crippen MR) is 46.3 cm³/mol. The lowest BCUT2D eigenvalue weighted by atomic mass is 10.1. The highest BCUT2D eigenvalue weighted by Crippen LogP contribution is 1.99. The van der Waals surface area contributed by atoms with Crippen molar-refractivity contribution in [3.8, 4) is 0 Å². The lowest BCUT2D eigenvalue weighted by molar-refractivity contribution is 0.894. The molecule has 60 valence electrons. The highest BCUT2D eigenvalue weighted by atomic mass is 14.9. The van der Waals surface area contributed by atoms with Crippen molar-refractivity contribution in [1.29, 1.82) is 0 Å². The first-order valence-electron chi connectivity index (χ1n) is 4.07. The second-order valence-electron chi connectivity index (χ2n) is 2.41. The van der Waals surface area contributed by atoms with Crippen molar-refractivity contribution in [2.45, 2.75) is 39.5 Å². The number of nitrogens with two attached hydrogens (primary N) is 1. The maximum Gasteiger partial charge on any atom is 0.0858 e. The van der Waals surface area contributed by atoms with E-state index in [1.807, 2.05) is 0 Å². The van der Waals surface area contributed by atoms with E-state index in [2.05, 4.69) is 18.8 Å². The van der Waals surface area contributed by atoms with Gasteiger partial charge in [-0.25, -0.2) is 0 Å². The van der Waals surface area contributed by atoms with Crippen molar-refractivity contribution in [2.24, 2.45) is 10.7 Å². The molecule has 0 saturated carbocycles.